The zero-order valence-corrected chi connectivity index (χ0v) is 20.3. The Balaban J connectivity index is 1.51. The van der Waals surface area contributed by atoms with Crippen LogP contribution in [0.25, 0.3) is 10.8 Å². The van der Waals surface area contributed by atoms with Gasteiger partial charge in [0.05, 0.1) is 6.04 Å². The Morgan fingerprint density at radius 3 is 2.59 bits per heavy atom. The summed E-state index contributed by atoms with van der Waals surface area (Å²) in [5.74, 6) is 0.682. The number of carbonyl (C=O) groups excluding carboxylic acids is 2. The lowest BCUT2D eigenvalue weighted by atomic mass is 9.82. The van der Waals surface area contributed by atoms with Crippen LogP contribution in [-0.4, -0.2) is 44.9 Å². The van der Waals surface area contributed by atoms with Gasteiger partial charge in [-0.15, -0.1) is 10.2 Å². The van der Waals surface area contributed by atoms with Gasteiger partial charge in [0, 0.05) is 35.5 Å². The number of alkyl carbamates (subject to hydrolysis) is 1. The number of aromatic nitrogens is 3. The van der Waals surface area contributed by atoms with Gasteiger partial charge in [-0.1, -0.05) is 17.7 Å². The van der Waals surface area contributed by atoms with Crippen LogP contribution in [0.2, 0.25) is 5.02 Å². The topological polar surface area (TPSA) is 119 Å². The molecule has 34 heavy (non-hydrogen) atoms. The van der Waals surface area contributed by atoms with E-state index in [0.29, 0.717) is 35.3 Å². The number of hydrogen-bond donors (Lipinski definition) is 2. The molecule has 2 aromatic heterocycles. The lowest BCUT2D eigenvalue weighted by molar-refractivity contribution is 0.0467. The third kappa shape index (κ3) is 5.83. The van der Waals surface area contributed by atoms with Gasteiger partial charge in [-0.3, -0.25) is 9.78 Å². The van der Waals surface area contributed by atoms with Crippen molar-refractivity contribution >= 4 is 34.4 Å². The number of nitrogens with zero attached hydrogens (tertiary/aromatic N) is 3. The van der Waals surface area contributed by atoms with Crippen LogP contribution in [0.3, 0.4) is 0 Å². The first kappa shape index (κ1) is 23.9. The van der Waals surface area contributed by atoms with E-state index in [2.05, 4.69) is 25.8 Å². The fraction of sp³-hybridized carbons (Fsp3) is 0.458. The van der Waals surface area contributed by atoms with Crippen molar-refractivity contribution < 1.29 is 18.7 Å². The Morgan fingerprint density at radius 2 is 1.88 bits per heavy atom. The van der Waals surface area contributed by atoms with Crippen LogP contribution in [0.5, 0.6) is 0 Å². The maximum absolute atomic E-state index is 13.1. The third-order valence-electron chi connectivity index (χ3n) is 5.68. The van der Waals surface area contributed by atoms with Gasteiger partial charge in [-0.2, -0.15) is 0 Å². The first-order valence-corrected chi connectivity index (χ1v) is 11.6. The lowest BCUT2D eigenvalue weighted by Gasteiger charge is -2.36. The van der Waals surface area contributed by atoms with E-state index in [1.165, 1.54) is 0 Å². The van der Waals surface area contributed by atoms with E-state index in [1.54, 1.807) is 52.1 Å². The monoisotopic (exact) mass is 485 g/mol. The molecule has 2 N–H and O–H groups in total. The Hall–Kier alpha value is -3.20. The van der Waals surface area contributed by atoms with Gasteiger partial charge in [0.15, 0.2) is 0 Å². The average Bonchev–Trinajstić information content (AvgIpc) is 3.19. The number of fused-ring (bicyclic) bond motifs is 1. The van der Waals surface area contributed by atoms with Gasteiger partial charge in [0.2, 0.25) is 11.8 Å². The summed E-state index contributed by atoms with van der Waals surface area (Å²) in [6.45, 7) is 7.14. The average molecular weight is 486 g/mol. The summed E-state index contributed by atoms with van der Waals surface area (Å²) >= 11 is 6.04. The summed E-state index contributed by atoms with van der Waals surface area (Å²) in [7, 11) is 0. The summed E-state index contributed by atoms with van der Waals surface area (Å²) in [6.07, 6.45) is 2.95. The van der Waals surface area contributed by atoms with Gasteiger partial charge < -0.3 is 19.8 Å². The molecule has 0 spiro atoms. The highest BCUT2D eigenvalue weighted by Gasteiger charge is 2.36. The maximum Gasteiger partial charge on any atom is 0.407 e. The zero-order valence-electron chi connectivity index (χ0n) is 19.6. The largest absolute Gasteiger partial charge is 0.444 e. The molecule has 0 unspecified atom stereocenters. The summed E-state index contributed by atoms with van der Waals surface area (Å²) in [6, 6.07) is 6.44. The van der Waals surface area contributed by atoms with E-state index in [9.17, 15) is 9.59 Å². The third-order valence-corrected chi connectivity index (χ3v) is 5.91. The van der Waals surface area contributed by atoms with Gasteiger partial charge in [0.1, 0.15) is 11.3 Å². The van der Waals surface area contributed by atoms with Crippen LogP contribution in [0.15, 0.2) is 34.9 Å². The Bertz CT molecular complexity index is 1210. The zero-order chi connectivity index (χ0) is 24.5. The minimum atomic E-state index is -0.640. The summed E-state index contributed by atoms with van der Waals surface area (Å²) in [5.41, 5.74) is -0.348. The number of aryl methyl sites for hydroxylation is 1. The van der Waals surface area contributed by atoms with Crippen LogP contribution in [0.4, 0.5) is 4.79 Å². The molecule has 2 heterocycles. The van der Waals surface area contributed by atoms with Crippen molar-refractivity contribution in [1.29, 1.82) is 0 Å². The molecule has 4 rings (SSSR count). The summed E-state index contributed by atoms with van der Waals surface area (Å²) in [4.78, 5) is 29.9. The molecule has 180 valence electrons. The molecule has 1 fully saturated rings. The first-order chi connectivity index (χ1) is 16.1. The first-order valence-electron chi connectivity index (χ1n) is 11.2. The van der Waals surface area contributed by atoms with Crippen molar-refractivity contribution in [2.75, 3.05) is 0 Å². The van der Waals surface area contributed by atoms with Crippen molar-refractivity contribution in [3.8, 4) is 0 Å². The highest BCUT2D eigenvalue weighted by atomic mass is 35.5. The van der Waals surface area contributed by atoms with E-state index < -0.39 is 11.7 Å². The highest BCUT2D eigenvalue weighted by Crippen LogP contribution is 2.33. The molecule has 0 bridgehead atoms. The maximum atomic E-state index is 13.1. The van der Waals surface area contributed by atoms with Crippen LogP contribution < -0.4 is 10.6 Å². The molecule has 1 aliphatic rings. The number of rotatable bonds is 4. The molecule has 10 heteroatoms. The predicted octanol–water partition coefficient (Wildman–Crippen LogP) is 4.54. The Morgan fingerprint density at radius 1 is 1.09 bits per heavy atom. The lowest BCUT2D eigenvalue weighted by Crippen LogP contribution is -2.55. The fourth-order valence-corrected chi connectivity index (χ4v) is 4.32. The fourth-order valence-electron chi connectivity index (χ4n) is 4.14. The molecular weight excluding hydrogens is 458 g/mol. The van der Waals surface area contributed by atoms with E-state index in [-0.39, 0.29) is 23.9 Å². The smallest absolute Gasteiger partial charge is 0.407 e. The normalized spacial score (nSPS) is 20.7. The number of amides is 2. The second-order valence-electron chi connectivity index (χ2n) is 9.56. The quantitative estimate of drug-likeness (QED) is 0.556. The molecule has 0 saturated heterocycles. The predicted molar refractivity (Wildman–Crippen MR) is 127 cm³/mol. The van der Waals surface area contributed by atoms with Crippen LogP contribution >= 0.6 is 11.6 Å². The van der Waals surface area contributed by atoms with Crippen molar-refractivity contribution in [2.24, 2.45) is 0 Å². The number of ether oxygens (including phenoxy) is 1. The van der Waals surface area contributed by atoms with Crippen LogP contribution in [-0.2, 0) is 4.74 Å². The van der Waals surface area contributed by atoms with Gasteiger partial charge in [0.25, 0.3) is 5.91 Å². The van der Waals surface area contributed by atoms with Crippen molar-refractivity contribution in [3.05, 3.63) is 53.0 Å². The Labute approximate surface area is 202 Å². The molecule has 2 amide bonds. The van der Waals surface area contributed by atoms with Gasteiger partial charge in [-0.25, -0.2) is 4.79 Å². The number of carbonyl (C=O) groups is 2. The van der Waals surface area contributed by atoms with Crippen molar-refractivity contribution in [1.82, 2.24) is 25.8 Å². The molecular formula is C24H28ClN5O4. The van der Waals surface area contributed by atoms with Crippen molar-refractivity contribution in [3.63, 3.8) is 0 Å². The van der Waals surface area contributed by atoms with E-state index in [0.717, 1.165) is 17.2 Å². The molecule has 1 aliphatic carbocycles. The number of pyridine rings is 1. The number of benzene rings is 1. The molecule has 3 atom stereocenters. The number of nitrogens with one attached hydrogen (secondary N) is 2. The molecule has 0 aliphatic heterocycles. The number of hydrogen-bond acceptors (Lipinski definition) is 7. The Kier molecular flexibility index (Phi) is 6.74. The van der Waals surface area contributed by atoms with Crippen molar-refractivity contribution in [2.45, 2.75) is 70.6 Å². The second kappa shape index (κ2) is 9.58. The molecule has 3 aromatic rings. The van der Waals surface area contributed by atoms with E-state index in [1.807, 2.05) is 6.07 Å². The summed E-state index contributed by atoms with van der Waals surface area (Å²) in [5, 5.41) is 16.4. The molecule has 1 saturated carbocycles. The minimum Gasteiger partial charge on any atom is -0.444 e. The van der Waals surface area contributed by atoms with E-state index >= 15 is 0 Å². The molecule has 1 aromatic carbocycles. The minimum absolute atomic E-state index is 0.0298. The second-order valence-corrected chi connectivity index (χ2v) is 10.00. The van der Waals surface area contributed by atoms with E-state index in [4.69, 9.17) is 20.8 Å². The van der Waals surface area contributed by atoms with Crippen LogP contribution in [0, 0.1) is 6.92 Å². The van der Waals surface area contributed by atoms with Gasteiger partial charge >= 0.3 is 6.09 Å². The standard InChI is InChI=1S/C24H28ClN5O4/c1-13-29-30-22(33-13)15-6-8-18(19(11-15)28-23(32)34-24(2,3)4)27-21(31)20-10-14-5-7-17(25)9-16(14)12-26-20/h5,7,9-10,12,15,18-19H,6,8,11H2,1-4H3,(H,27,31)(H,28,32)/t15-,18-,19+/m0/s1. The van der Waals surface area contributed by atoms with Gasteiger partial charge in [-0.05, 0) is 63.6 Å². The number of halogens is 1. The highest BCUT2D eigenvalue weighted by molar-refractivity contribution is 6.31. The molecule has 9 nitrogen and oxygen atoms in total. The molecule has 0 radical (unpaired) electrons. The van der Waals surface area contributed by atoms with Crippen LogP contribution in [0.1, 0.15) is 68.2 Å². The SMILES string of the molecule is Cc1nnc([C@H]2CC[C@H](NC(=O)c3cc4ccc(Cl)cc4cn3)[C@H](NC(=O)OC(C)(C)C)C2)o1. The summed E-state index contributed by atoms with van der Waals surface area (Å²) < 4.78 is 11.1.